The van der Waals surface area contributed by atoms with E-state index in [-0.39, 0.29) is 24.0 Å². The van der Waals surface area contributed by atoms with Crippen LogP contribution >= 0.6 is 35.3 Å². The molecule has 0 radical (unpaired) electrons. The van der Waals surface area contributed by atoms with Gasteiger partial charge in [0.25, 0.3) is 0 Å². The minimum absolute atomic E-state index is 0. The van der Waals surface area contributed by atoms with Gasteiger partial charge in [0.05, 0.1) is 5.69 Å². The molecule has 0 atom stereocenters. The van der Waals surface area contributed by atoms with Gasteiger partial charge in [-0.05, 0) is 35.2 Å². The molecule has 0 spiro atoms. The molecule has 3 aromatic rings. The number of halogens is 1. The van der Waals surface area contributed by atoms with Gasteiger partial charge in [0, 0.05) is 63.6 Å². The summed E-state index contributed by atoms with van der Waals surface area (Å²) >= 11 is 1.84. The van der Waals surface area contributed by atoms with E-state index >= 15 is 0 Å². The molecule has 1 aliphatic heterocycles. The van der Waals surface area contributed by atoms with Gasteiger partial charge in [-0.1, -0.05) is 18.2 Å². The normalized spacial score (nSPS) is 15.2. The Balaban J connectivity index is 0.00000240. The second-order valence-corrected chi connectivity index (χ2v) is 7.90. The number of hydrogen-bond acceptors (Lipinski definition) is 4. The van der Waals surface area contributed by atoms with Gasteiger partial charge >= 0.3 is 0 Å². The number of rotatable bonds is 5. The monoisotopic (exact) mass is 522 g/mol. The van der Waals surface area contributed by atoms with Gasteiger partial charge in [-0.15, -0.1) is 35.3 Å². The van der Waals surface area contributed by atoms with Crippen molar-refractivity contribution in [3.05, 3.63) is 70.7 Å². The highest BCUT2D eigenvalue weighted by molar-refractivity contribution is 14.0. The summed E-state index contributed by atoms with van der Waals surface area (Å²) in [4.78, 5) is 10.8. The number of guanidine groups is 1. The number of nitrogens with one attached hydrogen (secondary N) is 1. The van der Waals surface area contributed by atoms with E-state index in [1.165, 1.54) is 10.4 Å². The lowest BCUT2D eigenvalue weighted by Crippen LogP contribution is -2.51. The van der Waals surface area contributed by atoms with Crippen molar-refractivity contribution >= 4 is 41.3 Å². The number of aromatic nitrogens is 2. The van der Waals surface area contributed by atoms with E-state index in [9.17, 15) is 0 Å². The largest absolute Gasteiger partial charge is 0.352 e. The van der Waals surface area contributed by atoms with E-state index in [1.54, 1.807) is 6.20 Å². The van der Waals surface area contributed by atoms with Crippen LogP contribution in [0.15, 0.2) is 65.2 Å². The molecule has 1 N–H and O–H groups in total. The Kier molecular flexibility index (Phi) is 8.08. The van der Waals surface area contributed by atoms with Crippen molar-refractivity contribution in [1.29, 1.82) is 0 Å². The van der Waals surface area contributed by atoms with Crippen molar-refractivity contribution in [3.8, 4) is 5.69 Å². The van der Waals surface area contributed by atoms with Crippen LogP contribution in [0, 0.1) is 0 Å². The standard InChI is InChI=1S/C21H26N6S.HI/c1-22-21(26-12-10-25(11-13-26)17-20-7-3-14-28-20)23-16-18-5-2-6-19(15-18)27-9-4-8-24-27;/h2-9,14-15H,10-13,16-17H2,1H3,(H,22,23);1H. The zero-order chi connectivity index (χ0) is 19.2. The second-order valence-electron chi connectivity index (χ2n) is 6.86. The molecule has 1 fully saturated rings. The molecule has 3 heterocycles. The van der Waals surface area contributed by atoms with Crippen LogP contribution in [0.25, 0.3) is 5.69 Å². The first-order chi connectivity index (χ1) is 13.8. The Labute approximate surface area is 193 Å². The molecular weight excluding hydrogens is 495 g/mol. The molecule has 0 unspecified atom stereocenters. The van der Waals surface area contributed by atoms with Gasteiger partial charge < -0.3 is 10.2 Å². The number of aliphatic imine (C=N–C) groups is 1. The number of benzene rings is 1. The first kappa shape index (κ1) is 21.8. The van der Waals surface area contributed by atoms with Crippen molar-refractivity contribution in [1.82, 2.24) is 24.9 Å². The molecule has 4 rings (SSSR count). The quantitative estimate of drug-likeness (QED) is 0.317. The zero-order valence-electron chi connectivity index (χ0n) is 16.6. The average Bonchev–Trinajstić information content (AvgIpc) is 3.44. The molecule has 6 nitrogen and oxygen atoms in total. The van der Waals surface area contributed by atoms with Crippen LogP contribution in [0.4, 0.5) is 0 Å². The van der Waals surface area contributed by atoms with Crippen molar-refractivity contribution in [2.75, 3.05) is 33.2 Å². The van der Waals surface area contributed by atoms with Gasteiger partial charge in [0.15, 0.2) is 5.96 Å². The van der Waals surface area contributed by atoms with E-state index in [1.807, 2.05) is 35.3 Å². The maximum absolute atomic E-state index is 4.50. The molecule has 2 aromatic heterocycles. The van der Waals surface area contributed by atoms with Crippen LogP contribution in [0.3, 0.4) is 0 Å². The van der Waals surface area contributed by atoms with Crippen LogP contribution in [0.5, 0.6) is 0 Å². The maximum Gasteiger partial charge on any atom is 0.194 e. The lowest BCUT2D eigenvalue weighted by Gasteiger charge is -2.36. The summed E-state index contributed by atoms with van der Waals surface area (Å²) in [6.45, 7) is 5.92. The molecule has 1 aliphatic rings. The third kappa shape index (κ3) is 5.80. The molecule has 0 saturated carbocycles. The average molecular weight is 522 g/mol. The minimum Gasteiger partial charge on any atom is -0.352 e. The summed E-state index contributed by atoms with van der Waals surface area (Å²) < 4.78 is 1.88. The fourth-order valence-corrected chi connectivity index (χ4v) is 4.23. The topological polar surface area (TPSA) is 48.7 Å². The molecule has 1 aromatic carbocycles. The summed E-state index contributed by atoms with van der Waals surface area (Å²) in [7, 11) is 1.86. The molecular formula is C21H27IN6S. The molecule has 8 heteroatoms. The summed E-state index contributed by atoms with van der Waals surface area (Å²) in [6.07, 6.45) is 3.76. The predicted molar refractivity (Wildman–Crippen MR) is 130 cm³/mol. The summed E-state index contributed by atoms with van der Waals surface area (Å²) in [5.74, 6) is 0.972. The molecule has 0 amide bonds. The predicted octanol–water partition coefficient (Wildman–Crippen LogP) is 3.45. The fourth-order valence-electron chi connectivity index (χ4n) is 3.48. The first-order valence-electron chi connectivity index (χ1n) is 9.61. The Morgan fingerprint density at radius 2 is 2.00 bits per heavy atom. The number of hydrogen-bond donors (Lipinski definition) is 1. The van der Waals surface area contributed by atoms with Gasteiger partial charge in [-0.2, -0.15) is 5.10 Å². The van der Waals surface area contributed by atoms with E-state index < -0.39 is 0 Å². The lowest BCUT2D eigenvalue weighted by atomic mass is 10.2. The van der Waals surface area contributed by atoms with Crippen LogP contribution < -0.4 is 5.32 Å². The van der Waals surface area contributed by atoms with E-state index in [4.69, 9.17) is 0 Å². The molecule has 29 heavy (non-hydrogen) atoms. The van der Waals surface area contributed by atoms with Crippen molar-refractivity contribution in [2.24, 2.45) is 4.99 Å². The van der Waals surface area contributed by atoms with Crippen LogP contribution in [-0.2, 0) is 13.1 Å². The minimum atomic E-state index is 0. The Morgan fingerprint density at radius 3 is 2.69 bits per heavy atom. The number of piperazine rings is 1. The number of thiophene rings is 1. The zero-order valence-corrected chi connectivity index (χ0v) is 19.7. The highest BCUT2D eigenvalue weighted by Gasteiger charge is 2.19. The Bertz CT molecular complexity index is 886. The third-order valence-electron chi connectivity index (χ3n) is 4.97. The second kappa shape index (κ2) is 10.7. The van der Waals surface area contributed by atoms with E-state index in [0.717, 1.165) is 50.9 Å². The van der Waals surface area contributed by atoms with E-state index in [2.05, 4.69) is 67.0 Å². The van der Waals surface area contributed by atoms with Crippen molar-refractivity contribution in [2.45, 2.75) is 13.1 Å². The smallest absolute Gasteiger partial charge is 0.194 e. The molecule has 0 bridgehead atoms. The first-order valence-corrected chi connectivity index (χ1v) is 10.5. The Morgan fingerprint density at radius 1 is 1.14 bits per heavy atom. The highest BCUT2D eigenvalue weighted by Crippen LogP contribution is 2.14. The molecule has 154 valence electrons. The van der Waals surface area contributed by atoms with Gasteiger partial charge in [-0.3, -0.25) is 9.89 Å². The summed E-state index contributed by atoms with van der Waals surface area (Å²) in [5, 5.41) is 9.98. The highest BCUT2D eigenvalue weighted by atomic mass is 127. The summed E-state index contributed by atoms with van der Waals surface area (Å²) in [6, 6.07) is 14.7. The van der Waals surface area contributed by atoms with E-state index in [0.29, 0.717) is 0 Å². The molecule has 0 aliphatic carbocycles. The third-order valence-corrected chi connectivity index (χ3v) is 5.83. The summed E-state index contributed by atoms with van der Waals surface area (Å²) in [5.41, 5.74) is 2.28. The lowest BCUT2D eigenvalue weighted by molar-refractivity contribution is 0.173. The maximum atomic E-state index is 4.50. The SMILES string of the molecule is CN=C(NCc1cccc(-n2cccn2)c1)N1CCN(Cc2cccs2)CC1.I. The Hall–Kier alpha value is -1.91. The van der Waals surface area contributed by atoms with Gasteiger partial charge in [0.2, 0.25) is 0 Å². The van der Waals surface area contributed by atoms with Crippen molar-refractivity contribution in [3.63, 3.8) is 0 Å². The number of nitrogens with zero attached hydrogens (tertiary/aromatic N) is 5. The van der Waals surface area contributed by atoms with Crippen molar-refractivity contribution < 1.29 is 0 Å². The van der Waals surface area contributed by atoms with Crippen LogP contribution in [0.2, 0.25) is 0 Å². The van der Waals surface area contributed by atoms with Crippen LogP contribution in [-0.4, -0.2) is 58.8 Å². The fraction of sp³-hybridized carbons (Fsp3) is 0.333. The van der Waals surface area contributed by atoms with Crippen LogP contribution in [0.1, 0.15) is 10.4 Å². The molecule has 1 saturated heterocycles. The van der Waals surface area contributed by atoms with Gasteiger partial charge in [0.1, 0.15) is 0 Å². The van der Waals surface area contributed by atoms with Gasteiger partial charge in [-0.25, -0.2) is 4.68 Å².